The maximum Gasteiger partial charge on any atom is 0.131 e. The Morgan fingerprint density at radius 1 is 1.29 bits per heavy atom. The zero-order chi connectivity index (χ0) is 10.1. The average molecular weight is 190 g/mol. The second-order valence-electron chi connectivity index (χ2n) is 3.29. The molecule has 0 bridgehead atoms. The van der Waals surface area contributed by atoms with E-state index in [9.17, 15) is 4.39 Å². The van der Waals surface area contributed by atoms with E-state index in [0.717, 1.165) is 5.69 Å². The lowest BCUT2D eigenvalue weighted by molar-refractivity contribution is 0.606. The van der Waals surface area contributed by atoms with Crippen molar-refractivity contribution in [3.63, 3.8) is 0 Å². The molecule has 0 aliphatic carbocycles. The highest BCUT2D eigenvalue weighted by Crippen LogP contribution is 2.18. The summed E-state index contributed by atoms with van der Waals surface area (Å²) in [7, 11) is 0. The van der Waals surface area contributed by atoms with Gasteiger partial charge in [0, 0.05) is 18.0 Å². The summed E-state index contributed by atoms with van der Waals surface area (Å²) in [4.78, 5) is 0. The lowest BCUT2D eigenvalue weighted by atomic mass is 10.1. The number of aryl methyl sites for hydroxylation is 1. The minimum absolute atomic E-state index is 0.155. The van der Waals surface area contributed by atoms with Crippen molar-refractivity contribution in [1.29, 1.82) is 0 Å². The van der Waals surface area contributed by atoms with E-state index in [1.54, 1.807) is 37.0 Å². The topological polar surface area (TPSA) is 17.8 Å². The van der Waals surface area contributed by atoms with Crippen LogP contribution in [0.3, 0.4) is 0 Å². The molecule has 2 aromatic rings. The molecule has 0 unspecified atom stereocenters. The van der Waals surface area contributed by atoms with Gasteiger partial charge in [-0.3, -0.25) is 0 Å². The first-order chi connectivity index (χ1) is 6.70. The van der Waals surface area contributed by atoms with Gasteiger partial charge in [0.05, 0.1) is 5.69 Å². The fourth-order valence-corrected chi connectivity index (χ4v) is 1.47. The second-order valence-corrected chi connectivity index (χ2v) is 3.29. The molecule has 0 aliphatic heterocycles. The normalized spacial score (nSPS) is 10.5. The summed E-state index contributed by atoms with van der Waals surface area (Å²) in [6, 6.07) is 5.46. The predicted molar refractivity (Wildman–Crippen MR) is 53.0 cm³/mol. The summed E-state index contributed by atoms with van der Waals surface area (Å²) < 4.78 is 15.2. The molecule has 3 heteroatoms. The van der Waals surface area contributed by atoms with E-state index in [-0.39, 0.29) is 5.82 Å². The molecule has 0 amide bonds. The smallest absolute Gasteiger partial charge is 0.131 e. The molecular formula is C11H11FN2. The molecule has 2 rings (SSSR count). The Balaban J connectivity index is 2.61. The number of aromatic nitrogens is 2. The summed E-state index contributed by atoms with van der Waals surface area (Å²) >= 11 is 0. The van der Waals surface area contributed by atoms with Gasteiger partial charge >= 0.3 is 0 Å². The van der Waals surface area contributed by atoms with Gasteiger partial charge in [-0.25, -0.2) is 9.07 Å². The minimum Gasteiger partial charge on any atom is -0.241 e. The Hall–Kier alpha value is -1.64. The van der Waals surface area contributed by atoms with Crippen LogP contribution >= 0.6 is 0 Å². The van der Waals surface area contributed by atoms with Gasteiger partial charge in [-0.2, -0.15) is 5.10 Å². The van der Waals surface area contributed by atoms with Crippen molar-refractivity contribution in [2.45, 2.75) is 13.8 Å². The summed E-state index contributed by atoms with van der Waals surface area (Å²) in [5.41, 5.74) is 2.09. The third-order valence-corrected chi connectivity index (χ3v) is 2.30. The van der Waals surface area contributed by atoms with Gasteiger partial charge in [0.25, 0.3) is 0 Å². The molecule has 0 N–H and O–H groups in total. The summed E-state index contributed by atoms with van der Waals surface area (Å²) in [5.74, 6) is -0.155. The zero-order valence-corrected chi connectivity index (χ0v) is 8.16. The summed E-state index contributed by atoms with van der Waals surface area (Å²) in [6.45, 7) is 3.52. The highest BCUT2D eigenvalue weighted by atomic mass is 19.1. The first kappa shape index (κ1) is 8.94. The van der Waals surface area contributed by atoms with Crippen LogP contribution in [0.4, 0.5) is 4.39 Å². The van der Waals surface area contributed by atoms with Gasteiger partial charge < -0.3 is 0 Å². The van der Waals surface area contributed by atoms with E-state index < -0.39 is 0 Å². The standard InChI is InChI=1S/C11H11FN2/c1-8-4-5-10(9(2)11(8)12)14-7-3-6-13-14/h3-7H,1-2H3. The largest absolute Gasteiger partial charge is 0.241 e. The van der Waals surface area contributed by atoms with Gasteiger partial charge in [0.2, 0.25) is 0 Å². The first-order valence-corrected chi connectivity index (χ1v) is 4.46. The molecule has 0 spiro atoms. The van der Waals surface area contributed by atoms with Gasteiger partial charge in [-0.05, 0) is 31.5 Å². The number of hydrogen-bond acceptors (Lipinski definition) is 1. The van der Waals surface area contributed by atoms with Gasteiger partial charge in [-0.1, -0.05) is 6.07 Å². The third kappa shape index (κ3) is 1.31. The number of benzene rings is 1. The third-order valence-electron chi connectivity index (χ3n) is 2.30. The maximum absolute atomic E-state index is 13.5. The van der Waals surface area contributed by atoms with Crippen molar-refractivity contribution in [2.75, 3.05) is 0 Å². The number of nitrogens with zero attached hydrogens (tertiary/aromatic N) is 2. The Labute approximate surface area is 82.0 Å². The van der Waals surface area contributed by atoms with Crippen molar-refractivity contribution < 1.29 is 4.39 Å². The molecule has 72 valence electrons. The number of hydrogen-bond donors (Lipinski definition) is 0. The van der Waals surface area contributed by atoms with Crippen LogP contribution in [0.5, 0.6) is 0 Å². The van der Waals surface area contributed by atoms with Crippen molar-refractivity contribution in [3.05, 3.63) is 47.5 Å². The van der Waals surface area contributed by atoms with Crippen molar-refractivity contribution in [2.24, 2.45) is 0 Å². The fraction of sp³-hybridized carbons (Fsp3) is 0.182. The molecule has 0 saturated carbocycles. The maximum atomic E-state index is 13.5. The molecule has 0 atom stereocenters. The average Bonchev–Trinajstić information content (AvgIpc) is 2.67. The molecular weight excluding hydrogens is 179 g/mol. The van der Waals surface area contributed by atoms with E-state index in [1.165, 1.54) is 0 Å². The van der Waals surface area contributed by atoms with Crippen LogP contribution < -0.4 is 0 Å². The van der Waals surface area contributed by atoms with Gasteiger partial charge in [-0.15, -0.1) is 0 Å². The van der Waals surface area contributed by atoms with Crippen LogP contribution in [0.1, 0.15) is 11.1 Å². The van der Waals surface area contributed by atoms with Gasteiger partial charge in [0.1, 0.15) is 5.82 Å². The van der Waals surface area contributed by atoms with Crippen molar-refractivity contribution in [3.8, 4) is 5.69 Å². The van der Waals surface area contributed by atoms with E-state index in [1.807, 2.05) is 12.1 Å². The van der Waals surface area contributed by atoms with Crippen LogP contribution in [0.15, 0.2) is 30.6 Å². The van der Waals surface area contributed by atoms with E-state index in [0.29, 0.717) is 11.1 Å². The first-order valence-electron chi connectivity index (χ1n) is 4.46. The van der Waals surface area contributed by atoms with E-state index in [4.69, 9.17) is 0 Å². The van der Waals surface area contributed by atoms with Gasteiger partial charge in [0.15, 0.2) is 0 Å². The van der Waals surface area contributed by atoms with Crippen LogP contribution in [0.25, 0.3) is 5.69 Å². The lowest BCUT2D eigenvalue weighted by Gasteiger charge is -2.08. The summed E-state index contributed by atoms with van der Waals surface area (Å²) in [6.07, 6.45) is 3.48. The Morgan fingerprint density at radius 2 is 2.07 bits per heavy atom. The highest BCUT2D eigenvalue weighted by molar-refractivity contribution is 5.42. The molecule has 1 aromatic carbocycles. The molecule has 1 aromatic heterocycles. The van der Waals surface area contributed by atoms with Crippen molar-refractivity contribution in [1.82, 2.24) is 9.78 Å². The Kier molecular flexibility index (Phi) is 2.08. The van der Waals surface area contributed by atoms with Crippen LogP contribution in [0.2, 0.25) is 0 Å². The van der Waals surface area contributed by atoms with Crippen LogP contribution in [0, 0.1) is 19.7 Å². The van der Waals surface area contributed by atoms with E-state index in [2.05, 4.69) is 5.10 Å². The molecule has 14 heavy (non-hydrogen) atoms. The summed E-state index contributed by atoms with van der Waals surface area (Å²) in [5, 5.41) is 4.07. The molecule has 0 saturated heterocycles. The predicted octanol–water partition coefficient (Wildman–Crippen LogP) is 2.63. The molecule has 0 fully saturated rings. The fourth-order valence-electron chi connectivity index (χ4n) is 1.47. The quantitative estimate of drug-likeness (QED) is 0.676. The second kappa shape index (κ2) is 3.25. The van der Waals surface area contributed by atoms with Crippen LogP contribution in [-0.4, -0.2) is 9.78 Å². The monoisotopic (exact) mass is 190 g/mol. The molecule has 0 radical (unpaired) electrons. The van der Waals surface area contributed by atoms with Crippen LogP contribution in [-0.2, 0) is 0 Å². The number of halogens is 1. The molecule has 0 aliphatic rings. The molecule has 1 heterocycles. The van der Waals surface area contributed by atoms with Crippen molar-refractivity contribution >= 4 is 0 Å². The van der Waals surface area contributed by atoms with E-state index >= 15 is 0 Å². The number of rotatable bonds is 1. The lowest BCUT2D eigenvalue weighted by Crippen LogP contribution is -2.00. The highest BCUT2D eigenvalue weighted by Gasteiger charge is 2.07. The zero-order valence-electron chi connectivity index (χ0n) is 8.16. The molecule has 2 nitrogen and oxygen atoms in total. The SMILES string of the molecule is Cc1ccc(-n2cccn2)c(C)c1F. The Morgan fingerprint density at radius 3 is 2.71 bits per heavy atom. The minimum atomic E-state index is -0.155. The Bertz CT molecular complexity index is 447.